The number of hydrogen-bond acceptors (Lipinski definition) is 3. The van der Waals surface area contributed by atoms with Crippen LogP contribution in [0.25, 0.3) is 25.1 Å². The Morgan fingerprint density at radius 3 is 1.06 bits per heavy atom. The van der Waals surface area contributed by atoms with Crippen molar-refractivity contribution in [3.63, 3.8) is 0 Å². The van der Waals surface area contributed by atoms with Gasteiger partial charge in [-0.05, 0) is 243 Å². The van der Waals surface area contributed by atoms with E-state index in [1.54, 1.807) is 0 Å². The second-order valence-corrected chi connectivity index (χ2v) is 37.9. The monoisotopic (exact) mass is 1430 g/mol. The molecule has 0 amide bonds. The van der Waals surface area contributed by atoms with Gasteiger partial charge < -0.3 is 9.47 Å². The third kappa shape index (κ3) is 20.8. The molecule has 0 saturated heterocycles. The van der Waals surface area contributed by atoms with Gasteiger partial charge in [0.1, 0.15) is 11.4 Å². The SMILES string of the molecule is CC(C)(C)OC(=O)COc1ccc([S+](c2ccccc2)c2ccccc2)cc1.CC(C)Cc1ccc([S+](c2ccc(C(C)(C)C)cc2)c2ccc(C(C)(C)C)cc2)cc1.c1ccc(-[s+]2c3ccccc3c3ccccc32)cc1.c1ccc([S+](c2ccccc2)c2ccc(C3CCCCC3)cc2)cc1. The Kier molecular flexibility index (Phi) is 26.0. The molecule has 0 atom stereocenters. The summed E-state index contributed by atoms with van der Waals surface area (Å²) in [7, 11) is -0.270. The first-order valence-electron chi connectivity index (χ1n) is 36.5. The third-order valence-corrected chi connectivity index (χ3v) is 27.2. The van der Waals surface area contributed by atoms with Crippen molar-refractivity contribution in [3.05, 3.63) is 344 Å². The lowest BCUT2D eigenvalue weighted by molar-refractivity contribution is -0.157. The number of hydrogen-bond donors (Lipinski definition) is 0. The van der Waals surface area contributed by atoms with Gasteiger partial charge in [0.25, 0.3) is 0 Å². The highest BCUT2D eigenvalue weighted by Gasteiger charge is 2.33. The van der Waals surface area contributed by atoms with Crippen LogP contribution < -0.4 is 4.74 Å². The molecule has 0 radical (unpaired) electrons. The fourth-order valence-electron chi connectivity index (χ4n) is 13.0. The zero-order valence-electron chi connectivity index (χ0n) is 62.1. The molecule has 1 aliphatic rings. The highest BCUT2D eigenvalue weighted by atomic mass is 32.2. The predicted octanol–water partition coefficient (Wildman–Crippen LogP) is 26.6. The first kappa shape index (κ1) is 75.3. The van der Waals surface area contributed by atoms with Crippen molar-refractivity contribution in [1.82, 2.24) is 0 Å². The van der Waals surface area contributed by atoms with Crippen molar-refractivity contribution in [1.29, 1.82) is 0 Å². The molecular weight excluding hydrogens is 1330 g/mol. The van der Waals surface area contributed by atoms with Gasteiger partial charge in [0.2, 0.25) is 0 Å². The molecule has 0 bridgehead atoms. The van der Waals surface area contributed by atoms with Gasteiger partial charge in [-0.1, -0.05) is 238 Å². The molecule has 14 rings (SSSR count). The van der Waals surface area contributed by atoms with Crippen LogP contribution in [0.2, 0.25) is 0 Å². The molecule has 1 saturated carbocycles. The zero-order chi connectivity index (χ0) is 72.4. The molecule has 0 aliphatic heterocycles. The van der Waals surface area contributed by atoms with Gasteiger partial charge in [0.05, 0.1) is 32.7 Å². The van der Waals surface area contributed by atoms with E-state index in [0.29, 0.717) is 11.7 Å². The van der Waals surface area contributed by atoms with Crippen LogP contribution in [-0.4, -0.2) is 18.2 Å². The van der Waals surface area contributed by atoms with E-state index in [1.807, 2.05) is 45.0 Å². The fraction of sp³-hybridized carbons (Fsp3) is 0.240. The molecule has 12 aromatic carbocycles. The molecule has 1 heterocycles. The van der Waals surface area contributed by atoms with E-state index in [1.165, 1.54) is 123 Å². The van der Waals surface area contributed by atoms with Crippen molar-refractivity contribution in [2.75, 3.05) is 6.61 Å². The molecule has 7 heteroatoms. The average Bonchev–Trinajstić information content (AvgIpc) is 1.71. The van der Waals surface area contributed by atoms with Crippen molar-refractivity contribution >= 4 is 69.3 Å². The number of carbonyl (C=O) groups excluding carboxylic acids is 1. The van der Waals surface area contributed by atoms with E-state index >= 15 is 0 Å². The lowest BCUT2D eigenvalue weighted by atomic mass is 9.84. The van der Waals surface area contributed by atoms with Crippen LogP contribution in [0.15, 0.2) is 366 Å². The standard InChI is InChI=1S/C30H39S.C24H25O3S.C24H25S.C18H13S/c1-22(2)21-23-9-15-26(16-10-23)31(27-17-11-24(12-18-27)29(3,4)5)28-19-13-25(14-20-28)30(6,7)8;1-24(2,3)27-23(25)18-26-19-14-16-22(17-15-19)28(20-10-6-4-7-11-20)21-12-8-5-9-13-21;1-4-10-20(11-5-1)21-16-18-24(19-17-21)25(22-12-6-2-7-13-22)23-14-8-3-9-15-23;1-2-8-14(9-3-1)19-17-12-6-4-10-15(17)16-11-5-7-13-18(16)19/h9-20,22H,21H2,1-8H3;4-17H,18H2,1-3H3;2-3,6-9,12-20H,1,4-5,10-11H2;1-13H/q4*+1. The first-order chi connectivity index (χ1) is 49.7. The lowest BCUT2D eigenvalue weighted by Gasteiger charge is -2.22. The minimum atomic E-state index is -0.510. The zero-order valence-corrected chi connectivity index (χ0v) is 65.3. The molecule has 3 nitrogen and oxygen atoms in total. The number of ether oxygens (including phenoxy) is 2. The van der Waals surface area contributed by atoms with Crippen LogP contribution in [0.1, 0.15) is 136 Å². The van der Waals surface area contributed by atoms with Gasteiger partial charge in [-0.15, -0.1) is 0 Å². The molecule has 1 fully saturated rings. The largest absolute Gasteiger partial charge is 0.482 e. The van der Waals surface area contributed by atoms with Crippen LogP contribution in [0.4, 0.5) is 0 Å². The van der Waals surface area contributed by atoms with Crippen LogP contribution in [0.3, 0.4) is 0 Å². The average molecular weight is 1430 g/mol. The Hall–Kier alpha value is -8.82. The van der Waals surface area contributed by atoms with Gasteiger partial charge in [-0.25, -0.2) is 4.79 Å². The summed E-state index contributed by atoms with van der Waals surface area (Å²) in [6, 6.07) is 117. The Balaban J connectivity index is 0.000000139. The molecular formula is C96H102O3S4+4. The van der Waals surface area contributed by atoms with Crippen LogP contribution in [-0.2, 0) is 59.5 Å². The number of thiophene rings is 1. The highest BCUT2D eigenvalue weighted by molar-refractivity contribution is 7.97. The minimum absolute atomic E-state index is 0.0278. The summed E-state index contributed by atoms with van der Waals surface area (Å²) in [4.78, 5) is 25.3. The minimum Gasteiger partial charge on any atom is -0.482 e. The Labute approximate surface area is 626 Å². The molecule has 0 spiro atoms. The predicted molar refractivity (Wildman–Crippen MR) is 443 cm³/mol. The number of benzene rings is 12. The molecule has 103 heavy (non-hydrogen) atoms. The quantitative estimate of drug-likeness (QED) is 0.0714. The van der Waals surface area contributed by atoms with E-state index in [4.69, 9.17) is 9.47 Å². The van der Waals surface area contributed by atoms with E-state index in [2.05, 4.69) is 353 Å². The van der Waals surface area contributed by atoms with Crippen LogP contribution >= 0.6 is 10.5 Å². The molecule has 1 aromatic heterocycles. The summed E-state index contributed by atoms with van der Waals surface area (Å²) < 4.78 is 13.8. The molecule has 0 unspecified atom stereocenters. The van der Waals surface area contributed by atoms with Crippen molar-refractivity contribution in [2.45, 2.75) is 181 Å². The van der Waals surface area contributed by atoms with Gasteiger partial charge in [-0.3, -0.25) is 0 Å². The van der Waals surface area contributed by atoms with Crippen LogP contribution in [0.5, 0.6) is 5.75 Å². The second-order valence-electron chi connectivity index (χ2n) is 29.8. The van der Waals surface area contributed by atoms with Gasteiger partial charge in [0, 0.05) is 21.2 Å². The van der Waals surface area contributed by atoms with E-state index in [-0.39, 0.29) is 66.6 Å². The van der Waals surface area contributed by atoms with E-state index in [9.17, 15) is 4.79 Å². The van der Waals surface area contributed by atoms with Gasteiger partial charge in [0.15, 0.2) is 65.0 Å². The van der Waals surface area contributed by atoms with Gasteiger partial charge in [-0.2, -0.15) is 0 Å². The van der Waals surface area contributed by atoms with E-state index < -0.39 is 5.60 Å². The fourth-order valence-corrected chi connectivity index (χ4v) is 21.6. The third-order valence-electron chi connectivity index (χ3n) is 18.1. The van der Waals surface area contributed by atoms with E-state index in [0.717, 1.165) is 12.3 Å². The Bertz CT molecular complexity index is 4520. The normalized spacial score (nSPS) is 12.7. The first-order valence-corrected chi connectivity index (χ1v) is 41.4. The number of rotatable bonds is 16. The maximum absolute atomic E-state index is 11.8. The number of esters is 1. The Morgan fingerprint density at radius 2 is 0.699 bits per heavy atom. The summed E-state index contributed by atoms with van der Waals surface area (Å²) >= 11 is 0. The lowest BCUT2D eigenvalue weighted by Crippen LogP contribution is -2.27. The summed E-state index contributed by atoms with van der Waals surface area (Å²) in [5.41, 5.74) is 5.56. The molecule has 524 valence electrons. The van der Waals surface area contributed by atoms with Crippen molar-refractivity contribution < 1.29 is 14.3 Å². The summed E-state index contributed by atoms with van der Waals surface area (Å²) in [6.45, 7) is 23.7. The summed E-state index contributed by atoms with van der Waals surface area (Å²) in [6.07, 6.45) is 8.06. The smallest absolute Gasteiger partial charge is 0.344 e. The van der Waals surface area contributed by atoms with Gasteiger partial charge >= 0.3 is 5.97 Å². The molecule has 0 N–H and O–H groups in total. The summed E-state index contributed by atoms with van der Waals surface area (Å²) in [5.74, 6) is 1.74. The topological polar surface area (TPSA) is 35.5 Å². The number of carbonyl (C=O) groups is 1. The van der Waals surface area contributed by atoms with Crippen molar-refractivity contribution in [3.8, 4) is 10.6 Å². The van der Waals surface area contributed by atoms with Crippen molar-refractivity contribution in [2.24, 2.45) is 5.92 Å². The summed E-state index contributed by atoms with van der Waals surface area (Å²) in [5, 5.41) is 2.79. The molecule has 1 aliphatic carbocycles. The highest BCUT2D eigenvalue weighted by Crippen LogP contribution is 2.48. The number of fused-ring (bicyclic) bond motifs is 3. The molecule has 13 aromatic rings. The maximum atomic E-state index is 11.8. The van der Waals surface area contributed by atoms with Crippen LogP contribution in [0, 0.1) is 5.92 Å². The second kappa shape index (κ2) is 35.6. The maximum Gasteiger partial charge on any atom is 0.344 e. The Morgan fingerprint density at radius 1 is 0.379 bits per heavy atom.